The van der Waals surface area contributed by atoms with Crippen LogP contribution in [0.4, 0.5) is 68.2 Å². The maximum absolute atomic E-state index is 2.45. The van der Waals surface area contributed by atoms with Gasteiger partial charge in [0.05, 0.1) is 33.6 Å². The molecular weight excluding hydrogens is 1510 g/mol. The molecule has 125 heavy (non-hydrogen) atoms. The summed E-state index contributed by atoms with van der Waals surface area (Å²) in [5, 5.41) is 4.83. The molecule has 0 aromatic heterocycles. The van der Waals surface area contributed by atoms with Gasteiger partial charge in [-0.1, -0.05) is 347 Å². The maximum Gasteiger partial charge on any atom is 0.0754 e. The predicted octanol–water partition coefficient (Wildman–Crippen LogP) is 32.2. The Hall–Kier alpha value is -15.9. The van der Waals surface area contributed by atoms with Crippen molar-refractivity contribution < 1.29 is 0 Å². The van der Waals surface area contributed by atoms with Gasteiger partial charge in [-0.3, -0.25) is 0 Å². The summed E-state index contributed by atoms with van der Waals surface area (Å²) in [6.07, 6.45) is 0. The molecule has 4 nitrogen and oxygen atoms in total. The summed E-state index contributed by atoms with van der Waals surface area (Å²) in [6, 6.07) is 175. The van der Waals surface area contributed by atoms with Gasteiger partial charge in [-0.2, -0.15) is 0 Å². The smallest absolute Gasteiger partial charge is 0.0754 e. The van der Waals surface area contributed by atoms with Crippen molar-refractivity contribution >= 4 is 89.8 Å². The summed E-state index contributed by atoms with van der Waals surface area (Å²) >= 11 is 0. The van der Waals surface area contributed by atoms with Crippen LogP contribution >= 0.6 is 0 Å². The van der Waals surface area contributed by atoms with Crippen molar-refractivity contribution in [3.63, 3.8) is 0 Å². The van der Waals surface area contributed by atoms with Crippen molar-refractivity contribution in [3.8, 4) is 66.8 Å². The van der Waals surface area contributed by atoms with Gasteiger partial charge >= 0.3 is 0 Å². The monoisotopic (exact) mass is 1590 g/mol. The van der Waals surface area contributed by atoms with Crippen LogP contribution in [-0.4, -0.2) is 0 Å². The summed E-state index contributed by atoms with van der Waals surface area (Å²) in [4.78, 5) is 9.63. The van der Waals surface area contributed by atoms with E-state index in [1.54, 1.807) is 0 Å². The predicted molar refractivity (Wildman–Crippen MR) is 522 cm³/mol. The van der Waals surface area contributed by atoms with E-state index in [9.17, 15) is 0 Å². The minimum absolute atomic E-state index is 0.111. The van der Waals surface area contributed by atoms with Crippen LogP contribution in [0.1, 0.15) is 69.5 Å². The lowest BCUT2D eigenvalue weighted by Gasteiger charge is -2.45. The maximum atomic E-state index is 2.45. The van der Waals surface area contributed by atoms with E-state index in [-0.39, 0.29) is 5.41 Å². The Balaban J connectivity index is 0.000000144. The third-order valence-electron chi connectivity index (χ3n) is 27.2. The van der Waals surface area contributed by atoms with Gasteiger partial charge in [0.2, 0.25) is 0 Å². The lowest BCUT2D eigenvalue weighted by Crippen LogP contribution is -2.36. The number of benzene rings is 20. The molecule has 0 atom stereocenters. The normalized spacial score (nSPS) is 13.7. The van der Waals surface area contributed by atoms with Crippen LogP contribution in [0.15, 0.2) is 473 Å². The molecule has 0 saturated heterocycles. The Morgan fingerprint density at radius 3 is 1.04 bits per heavy atom. The fourth-order valence-corrected chi connectivity index (χ4v) is 21.8. The molecule has 20 aromatic carbocycles. The Labute approximate surface area is 730 Å². The number of rotatable bonds is 11. The number of fused-ring (bicyclic) bond motifs is 23. The quantitative estimate of drug-likeness (QED) is 0.128. The fraction of sp³-hybridized carbons (Fsp3) is 0.0413. The van der Waals surface area contributed by atoms with Gasteiger partial charge in [0.25, 0.3) is 0 Å². The molecule has 0 N–H and O–H groups in total. The van der Waals surface area contributed by atoms with E-state index in [2.05, 4.69) is 507 Å². The Morgan fingerprint density at radius 2 is 0.496 bits per heavy atom. The first-order valence-electron chi connectivity index (χ1n) is 43.5. The van der Waals surface area contributed by atoms with Crippen LogP contribution in [0.5, 0.6) is 0 Å². The van der Waals surface area contributed by atoms with E-state index in [0.29, 0.717) is 0 Å². The molecule has 0 radical (unpaired) electrons. The third kappa shape index (κ3) is 11.4. The van der Waals surface area contributed by atoms with E-state index >= 15 is 0 Å². The van der Waals surface area contributed by atoms with Gasteiger partial charge in [0, 0.05) is 50.9 Å². The number of anilines is 12. The van der Waals surface area contributed by atoms with E-state index in [1.807, 2.05) is 0 Å². The Morgan fingerprint density at radius 1 is 0.176 bits per heavy atom. The van der Waals surface area contributed by atoms with E-state index in [4.69, 9.17) is 0 Å². The molecule has 0 bridgehead atoms. The number of para-hydroxylation sites is 8. The van der Waals surface area contributed by atoms with Crippen LogP contribution in [0, 0.1) is 0 Å². The molecule has 0 saturated carbocycles. The van der Waals surface area contributed by atoms with Crippen molar-refractivity contribution in [1.29, 1.82) is 0 Å². The van der Waals surface area contributed by atoms with Crippen LogP contribution in [0.25, 0.3) is 88.3 Å². The van der Waals surface area contributed by atoms with Gasteiger partial charge in [-0.05, 0) is 283 Å². The summed E-state index contributed by atoms with van der Waals surface area (Å²) in [6.45, 7) is 4.72. The molecule has 0 unspecified atom stereocenters. The number of hydrogen-bond donors (Lipinski definition) is 0. The van der Waals surface area contributed by atoms with Gasteiger partial charge < -0.3 is 19.6 Å². The fourth-order valence-electron chi connectivity index (χ4n) is 21.8. The molecule has 0 fully saturated rings. The highest BCUT2D eigenvalue weighted by molar-refractivity contribution is 6.04. The summed E-state index contributed by atoms with van der Waals surface area (Å²) in [5.74, 6) is 0. The minimum atomic E-state index is -0.482. The van der Waals surface area contributed by atoms with Crippen LogP contribution in [0.2, 0.25) is 0 Å². The molecule has 0 amide bonds. The average Bonchev–Trinajstić information content (AvgIpc) is 1.62. The molecule has 2 aliphatic heterocycles. The zero-order valence-electron chi connectivity index (χ0n) is 69.3. The van der Waals surface area contributed by atoms with Crippen molar-refractivity contribution in [2.45, 2.75) is 30.1 Å². The van der Waals surface area contributed by atoms with Crippen LogP contribution in [-0.2, 0) is 16.2 Å². The second-order valence-corrected chi connectivity index (χ2v) is 34.1. The highest BCUT2D eigenvalue weighted by Gasteiger charge is 2.54. The lowest BCUT2D eigenvalue weighted by atomic mass is 9.64. The van der Waals surface area contributed by atoms with Gasteiger partial charge in [0.15, 0.2) is 0 Å². The first-order valence-corrected chi connectivity index (χ1v) is 43.5. The lowest BCUT2D eigenvalue weighted by molar-refractivity contribution is 0.660. The molecule has 5 aliphatic rings. The largest absolute Gasteiger partial charge is 0.310 e. The molecular formula is C121H84N4. The highest BCUT2D eigenvalue weighted by atomic mass is 15.2. The van der Waals surface area contributed by atoms with E-state index in [1.165, 1.54) is 167 Å². The number of hydrogen-bond acceptors (Lipinski definition) is 4. The Bertz CT molecular complexity index is 7510. The first-order chi connectivity index (χ1) is 61.8. The van der Waals surface area contributed by atoms with Crippen molar-refractivity contribution in [2.75, 3.05) is 19.6 Å². The zero-order valence-corrected chi connectivity index (χ0v) is 69.3. The van der Waals surface area contributed by atoms with Gasteiger partial charge in [-0.15, -0.1) is 0 Å². The zero-order chi connectivity index (χ0) is 82.9. The van der Waals surface area contributed by atoms with Crippen molar-refractivity contribution in [3.05, 3.63) is 529 Å². The van der Waals surface area contributed by atoms with Crippen LogP contribution < -0.4 is 19.6 Å². The molecule has 588 valence electrons. The number of nitrogens with zero attached hydrogens (tertiary/aromatic N) is 4. The third-order valence-corrected chi connectivity index (χ3v) is 27.2. The van der Waals surface area contributed by atoms with Crippen molar-refractivity contribution in [2.24, 2.45) is 0 Å². The minimum Gasteiger partial charge on any atom is -0.310 e. The molecule has 20 aromatic rings. The summed E-state index contributed by atoms with van der Waals surface area (Å²) in [5.41, 5.74) is 41.3. The molecule has 3 aliphatic carbocycles. The average molecular weight is 1590 g/mol. The second kappa shape index (κ2) is 29.2. The van der Waals surface area contributed by atoms with E-state index in [0.717, 1.165) is 45.5 Å². The van der Waals surface area contributed by atoms with Gasteiger partial charge in [-0.25, -0.2) is 0 Å². The topological polar surface area (TPSA) is 13.0 Å². The Kier molecular flexibility index (Phi) is 17.1. The molecule has 2 heterocycles. The van der Waals surface area contributed by atoms with E-state index < -0.39 is 10.8 Å². The summed E-state index contributed by atoms with van der Waals surface area (Å²) < 4.78 is 0. The van der Waals surface area contributed by atoms with Gasteiger partial charge in [0.1, 0.15) is 0 Å². The van der Waals surface area contributed by atoms with Crippen LogP contribution in [0.3, 0.4) is 0 Å². The highest BCUT2D eigenvalue weighted by Crippen LogP contribution is 2.67. The van der Waals surface area contributed by atoms with Crippen molar-refractivity contribution in [1.82, 2.24) is 0 Å². The summed E-state index contributed by atoms with van der Waals surface area (Å²) in [7, 11) is 0. The molecule has 2 spiro atoms. The first kappa shape index (κ1) is 73.1. The standard InChI is InChI=1S/C68H48N2.C53H36N2/c1-67(2)59-23-11-9-21-55(59)57-39-38-54(44-64(57)67)69(52-35-31-46(32-36-52)45-17-5-3-6-18-45)53-37-33-48-41-47(29-30-49(48)42-53)50-34-40-61-58(43-50)56-22-10-12-24-60(56)68(61)62-25-13-15-27-65(62)70(51-19-7-4-8-20-51)66-28-16-14-26-63(66)68;1-4-17-40(18-5-1)54(41-19-6-2-7-20-41)43-34-33-37-35-39(32-31-38(37)36-43)44-24-16-28-49-52(44)45-23-10-11-25-46(45)53(49)47-26-12-14-29-50(47)55(42-21-8-3-9-22-42)51-30-15-13-27-48(51)53/h3-44H,1-2H3;1-36H. The second-order valence-electron chi connectivity index (χ2n) is 34.1. The molecule has 25 rings (SSSR count). The SMILES string of the molecule is CC1(C)c2ccccc2-c2ccc(N(c3ccc(-c4ccccc4)cc3)c3ccc4cc(-c5ccc6c(c5)-c5ccccc5C65c6ccccc6N(c6ccccc6)c6ccccc65)ccc4c3)cc21.c1ccc(N(c2ccccc2)c2ccc3cc(-c4cccc5c4-c4ccccc4C54c5ccccc5N(c5ccccc5)c5ccccc54)ccc3c2)cc1. The molecule has 4 heteroatoms.